The first-order valence-corrected chi connectivity index (χ1v) is 8.54. The van der Waals surface area contributed by atoms with E-state index < -0.39 is 0 Å². The molecule has 0 atom stereocenters. The first-order valence-electron chi connectivity index (χ1n) is 8.54. The van der Waals surface area contributed by atoms with E-state index in [1.54, 1.807) is 14.2 Å². The average molecular weight is 495 g/mol. The van der Waals surface area contributed by atoms with Gasteiger partial charge in [0, 0.05) is 0 Å². The Kier molecular flexibility index (Phi) is 11.8. The molecule has 0 bridgehead atoms. The van der Waals surface area contributed by atoms with Crippen LogP contribution in [-0.2, 0) is 26.2 Å². The van der Waals surface area contributed by atoms with Crippen molar-refractivity contribution in [3.63, 3.8) is 0 Å². The fraction of sp³-hybridized carbons (Fsp3) is 0.217. The summed E-state index contributed by atoms with van der Waals surface area (Å²) in [5, 5.41) is 5.08. The smallest absolute Gasteiger partial charge is 1.00 e. The molecule has 5 heteroatoms. The predicted molar refractivity (Wildman–Crippen MR) is 106 cm³/mol. The zero-order chi connectivity index (χ0) is 17.8. The van der Waals surface area contributed by atoms with Crippen molar-refractivity contribution in [3.8, 4) is 11.5 Å². The summed E-state index contributed by atoms with van der Waals surface area (Å²) in [6.07, 6.45) is 0. The van der Waals surface area contributed by atoms with Crippen molar-refractivity contribution < 1.29 is 60.5 Å². The van der Waals surface area contributed by atoms with Gasteiger partial charge in [0.15, 0.2) is 0 Å². The molecule has 0 N–H and O–H groups in total. The van der Waals surface area contributed by atoms with Crippen LogP contribution in [-0.4, -0.2) is 14.2 Å². The number of rotatable bonds is 3. The molecule has 0 aromatic heterocycles. The summed E-state index contributed by atoms with van der Waals surface area (Å²) in [5.74, 6) is 2.44. The fourth-order valence-corrected chi connectivity index (χ4v) is 2.90. The van der Waals surface area contributed by atoms with E-state index >= 15 is 0 Å². The molecule has 0 aliphatic rings. The number of hydrogen-bond acceptors (Lipinski definition) is 2. The van der Waals surface area contributed by atoms with Crippen LogP contribution in [0.5, 0.6) is 11.5 Å². The summed E-state index contributed by atoms with van der Waals surface area (Å²) in [6, 6.07) is 23.0. The predicted octanol–water partition coefficient (Wildman–Crippen LogP) is 0.264. The van der Waals surface area contributed by atoms with Gasteiger partial charge in [-0.05, 0) is 5.92 Å². The van der Waals surface area contributed by atoms with E-state index in [2.05, 4.69) is 56.3 Å². The molecule has 0 radical (unpaired) electrons. The first-order chi connectivity index (χ1) is 12.1. The van der Waals surface area contributed by atoms with Gasteiger partial charge < -0.3 is 34.3 Å². The summed E-state index contributed by atoms with van der Waals surface area (Å²) in [4.78, 5) is 0. The van der Waals surface area contributed by atoms with E-state index in [4.69, 9.17) is 9.47 Å². The van der Waals surface area contributed by atoms with Crippen molar-refractivity contribution in [1.29, 1.82) is 0 Å². The Bertz CT molecular complexity index is 973. The van der Waals surface area contributed by atoms with E-state index in [0.717, 1.165) is 11.5 Å². The van der Waals surface area contributed by atoms with Gasteiger partial charge in [-0.3, -0.25) is 0 Å². The summed E-state index contributed by atoms with van der Waals surface area (Å²) in [5.41, 5.74) is 1.40. The third-order valence-electron chi connectivity index (χ3n) is 4.45. The van der Waals surface area contributed by atoms with Crippen LogP contribution in [0.1, 0.15) is 25.3 Å². The van der Waals surface area contributed by atoms with Crippen molar-refractivity contribution in [2.24, 2.45) is 0 Å². The Morgan fingerprint density at radius 1 is 0.750 bits per heavy atom. The third kappa shape index (κ3) is 6.37. The van der Waals surface area contributed by atoms with E-state index in [0.29, 0.717) is 5.92 Å². The minimum absolute atomic E-state index is 0. The van der Waals surface area contributed by atoms with Crippen molar-refractivity contribution in [2.45, 2.75) is 19.8 Å². The standard InChI is InChI=1S/C13H15O.C10H9O.2ClH.Zr/c1-9(2)11-6-10-4-5-13(14-3)8-12(10)7-11;1-11-10-6-5-8-3-2-4-9(8)7-10;;;/h4-9H,1-3H3;2-7H,1H3;2*1H;/q2*-1;;;+4/p-2. The molecule has 0 amide bonds. The van der Waals surface area contributed by atoms with Crippen LogP contribution in [0.3, 0.4) is 0 Å². The van der Waals surface area contributed by atoms with Gasteiger partial charge in [0.2, 0.25) is 0 Å². The van der Waals surface area contributed by atoms with Gasteiger partial charge >= 0.3 is 26.2 Å². The van der Waals surface area contributed by atoms with Gasteiger partial charge in [-0.2, -0.15) is 18.2 Å². The SMILES string of the molecule is COc1ccc2[cH-]c(C(C)C)cc2c1.COc1ccc2[cH-]ccc2c1.[Cl-].[Cl-].[Zr+4]. The Morgan fingerprint density at radius 2 is 1.32 bits per heavy atom. The van der Waals surface area contributed by atoms with Gasteiger partial charge in [0.1, 0.15) is 0 Å². The molecule has 4 aromatic rings. The van der Waals surface area contributed by atoms with Gasteiger partial charge in [0.05, 0.1) is 25.7 Å². The summed E-state index contributed by atoms with van der Waals surface area (Å²) in [7, 11) is 3.39. The molecule has 0 spiro atoms. The zero-order valence-electron chi connectivity index (χ0n) is 16.5. The topological polar surface area (TPSA) is 18.5 Å². The molecule has 4 aromatic carbocycles. The maximum absolute atomic E-state index is 5.19. The second-order valence-electron chi connectivity index (χ2n) is 6.46. The quantitative estimate of drug-likeness (QED) is 0.381. The molecule has 0 unspecified atom stereocenters. The fourth-order valence-electron chi connectivity index (χ4n) is 2.90. The Balaban J connectivity index is 0.000000480. The van der Waals surface area contributed by atoms with Crippen LogP contribution in [0.2, 0.25) is 0 Å². The second kappa shape index (κ2) is 12.3. The number of hydrogen-bond donors (Lipinski definition) is 0. The molecular formula is C23H24Cl2O2Zr. The minimum Gasteiger partial charge on any atom is -1.00 e. The Labute approximate surface area is 198 Å². The van der Waals surface area contributed by atoms with Crippen LogP contribution >= 0.6 is 0 Å². The van der Waals surface area contributed by atoms with Crippen molar-refractivity contribution in [2.75, 3.05) is 14.2 Å². The minimum atomic E-state index is 0. The van der Waals surface area contributed by atoms with E-state index in [1.165, 1.54) is 27.1 Å². The maximum Gasteiger partial charge on any atom is 4.00 e. The van der Waals surface area contributed by atoms with Crippen LogP contribution < -0.4 is 34.3 Å². The van der Waals surface area contributed by atoms with Crippen LogP contribution in [0.25, 0.3) is 21.5 Å². The molecule has 0 heterocycles. The van der Waals surface area contributed by atoms with Crippen molar-refractivity contribution in [1.82, 2.24) is 0 Å². The number of fused-ring (bicyclic) bond motifs is 2. The molecule has 2 nitrogen and oxygen atoms in total. The number of ether oxygens (including phenoxy) is 2. The molecule has 146 valence electrons. The molecule has 0 saturated carbocycles. The molecular weight excluding hydrogens is 470 g/mol. The summed E-state index contributed by atoms with van der Waals surface area (Å²) in [6.45, 7) is 4.43. The molecule has 0 fully saturated rings. The monoisotopic (exact) mass is 492 g/mol. The zero-order valence-corrected chi connectivity index (χ0v) is 20.5. The largest absolute Gasteiger partial charge is 4.00 e. The summed E-state index contributed by atoms with van der Waals surface area (Å²) >= 11 is 0. The van der Waals surface area contributed by atoms with Crippen molar-refractivity contribution in [3.05, 3.63) is 72.3 Å². The van der Waals surface area contributed by atoms with Crippen LogP contribution in [0, 0.1) is 0 Å². The maximum atomic E-state index is 5.19. The number of halogens is 2. The van der Waals surface area contributed by atoms with Gasteiger partial charge in [0.25, 0.3) is 0 Å². The second-order valence-corrected chi connectivity index (χ2v) is 6.46. The van der Waals surface area contributed by atoms with Crippen LogP contribution in [0.4, 0.5) is 0 Å². The molecule has 28 heavy (non-hydrogen) atoms. The van der Waals surface area contributed by atoms with E-state index in [-0.39, 0.29) is 51.0 Å². The first kappa shape index (κ1) is 26.7. The van der Waals surface area contributed by atoms with Gasteiger partial charge in [-0.15, -0.1) is 51.4 Å². The van der Waals surface area contributed by atoms with Gasteiger partial charge in [-0.1, -0.05) is 38.1 Å². The van der Waals surface area contributed by atoms with Crippen molar-refractivity contribution >= 4 is 21.5 Å². The molecule has 0 aliphatic heterocycles. The Morgan fingerprint density at radius 3 is 1.89 bits per heavy atom. The molecule has 4 rings (SSSR count). The normalized spacial score (nSPS) is 9.61. The molecule has 0 saturated heterocycles. The van der Waals surface area contributed by atoms with Crippen LogP contribution in [0.15, 0.2) is 66.7 Å². The van der Waals surface area contributed by atoms with Gasteiger partial charge in [-0.25, -0.2) is 0 Å². The average Bonchev–Trinajstić information content (AvgIpc) is 3.27. The van der Waals surface area contributed by atoms with E-state index in [9.17, 15) is 0 Å². The van der Waals surface area contributed by atoms with E-state index in [1.807, 2.05) is 24.3 Å². The molecule has 0 aliphatic carbocycles. The number of methoxy groups -OCH3 is 2. The Hall–Kier alpha value is -1.28. The third-order valence-corrected chi connectivity index (χ3v) is 4.45. The number of benzene rings is 2. The summed E-state index contributed by atoms with van der Waals surface area (Å²) < 4.78 is 10.3.